The summed E-state index contributed by atoms with van der Waals surface area (Å²) in [5.74, 6) is 2.54. The monoisotopic (exact) mass is 430 g/mol. The fourth-order valence-electron chi connectivity index (χ4n) is 4.31. The highest BCUT2D eigenvalue weighted by Gasteiger charge is 2.28. The van der Waals surface area contributed by atoms with Crippen molar-refractivity contribution in [1.82, 2.24) is 5.16 Å². The van der Waals surface area contributed by atoms with Crippen LogP contribution in [0.4, 0.5) is 5.69 Å². The Morgan fingerprint density at radius 3 is 2.47 bits per heavy atom. The lowest BCUT2D eigenvalue weighted by Crippen LogP contribution is -2.45. The predicted molar refractivity (Wildman–Crippen MR) is 125 cm³/mol. The van der Waals surface area contributed by atoms with E-state index in [1.54, 1.807) is 6.92 Å². The Morgan fingerprint density at radius 1 is 1.12 bits per heavy atom. The van der Waals surface area contributed by atoms with E-state index in [2.05, 4.69) is 65.5 Å². The molecule has 1 saturated carbocycles. The summed E-state index contributed by atoms with van der Waals surface area (Å²) >= 11 is 0. The van der Waals surface area contributed by atoms with Gasteiger partial charge < -0.3 is 14.2 Å². The summed E-state index contributed by atoms with van der Waals surface area (Å²) in [5, 5.41) is 3.81. The van der Waals surface area contributed by atoms with Crippen LogP contribution in [0.3, 0.4) is 0 Å². The van der Waals surface area contributed by atoms with Crippen LogP contribution in [-0.4, -0.2) is 30.6 Å². The zero-order valence-electron chi connectivity index (χ0n) is 18.8. The first-order chi connectivity index (χ1) is 15.6. The van der Waals surface area contributed by atoms with Gasteiger partial charge in [0.1, 0.15) is 12.0 Å². The summed E-state index contributed by atoms with van der Waals surface area (Å²) < 4.78 is 10.7. The number of carbonyl (C=O) groups is 1. The summed E-state index contributed by atoms with van der Waals surface area (Å²) in [6.45, 7) is 6.81. The van der Waals surface area contributed by atoms with E-state index in [0.717, 1.165) is 31.4 Å². The highest BCUT2D eigenvalue weighted by molar-refractivity contribution is 5.97. The van der Waals surface area contributed by atoms with Gasteiger partial charge in [0.25, 0.3) is 0 Å². The Bertz CT molecular complexity index is 1060. The Hall–Kier alpha value is -3.08. The van der Waals surface area contributed by atoms with Gasteiger partial charge in [0.15, 0.2) is 5.78 Å². The third-order valence-corrected chi connectivity index (χ3v) is 6.78. The lowest BCUT2D eigenvalue weighted by molar-refractivity contribution is 0.0974. The number of ether oxygens (including phenoxy) is 1. The molecule has 3 aromatic rings. The van der Waals surface area contributed by atoms with Crippen LogP contribution < -0.4 is 9.64 Å². The lowest BCUT2D eigenvalue weighted by Gasteiger charge is -2.41. The smallest absolute Gasteiger partial charge is 0.168 e. The molecule has 1 aromatic heterocycles. The average molecular weight is 431 g/mol. The van der Waals surface area contributed by atoms with Crippen LogP contribution >= 0.6 is 0 Å². The number of aryl methyl sites for hydroxylation is 1. The number of ketones is 1. The number of hydrogen-bond acceptors (Lipinski definition) is 5. The van der Waals surface area contributed by atoms with Gasteiger partial charge in [-0.1, -0.05) is 36.3 Å². The van der Waals surface area contributed by atoms with Gasteiger partial charge >= 0.3 is 0 Å². The van der Waals surface area contributed by atoms with Crippen molar-refractivity contribution in [3.63, 3.8) is 0 Å². The van der Waals surface area contributed by atoms with E-state index in [1.165, 1.54) is 35.9 Å². The maximum Gasteiger partial charge on any atom is 0.168 e. The van der Waals surface area contributed by atoms with Gasteiger partial charge in [-0.2, -0.15) is 0 Å². The first-order valence-electron chi connectivity index (χ1n) is 11.6. The fourth-order valence-corrected chi connectivity index (χ4v) is 4.31. The Labute approximate surface area is 189 Å². The van der Waals surface area contributed by atoms with Crippen LogP contribution in [0.2, 0.25) is 0 Å². The molecule has 0 radical (unpaired) electrons. The molecule has 2 heterocycles. The minimum Gasteiger partial charge on any atom is -0.493 e. The molecule has 1 aliphatic carbocycles. The standard InChI is InChI=1S/C27H30N2O3/c1-18(13-27(30)26-17-32-28-19(26)2)21-5-7-22(8-6-21)23-14-29(15-23)24-9-11-25(12-10-24)31-16-20-3-4-20/h5-12,17-18,20,23H,3-4,13-16H2,1-2H3/t18-/m1/s1. The van der Waals surface area contributed by atoms with Crippen molar-refractivity contribution < 1.29 is 14.1 Å². The zero-order valence-corrected chi connectivity index (χ0v) is 18.8. The molecule has 2 aliphatic rings. The third kappa shape index (κ3) is 4.57. The molecule has 0 amide bonds. The Balaban J connectivity index is 1.12. The van der Waals surface area contributed by atoms with Crippen molar-refractivity contribution in [3.05, 3.63) is 77.2 Å². The SMILES string of the molecule is Cc1nocc1C(=O)C[C@@H](C)c1ccc(C2CN(c3ccc(OCC4CC4)cc3)C2)cc1. The molecule has 1 saturated heterocycles. The highest BCUT2D eigenvalue weighted by atomic mass is 16.5. The fraction of sp³-hybridized carbons (Fsp3) is 0.407. The number of carbonyl (C=O) groups excluding carboxylic acids is 1. The minimum absolute atomic E-state index is 0.0823. The van der Waals surface area contributed by atoms with Gasteiger partial charge in [-0.15, -0.1) is 0 Å². The van der Waals surface area contributed by atoms with E-state index < -0.39 is 0 Å². The zero-order chi connectivity index (χ0) is 22.1. The highest BCUT2D eigenvalue weighted by Crippen LogP contribution is 2.34. The number of rotatable bonds is 9. The molecule has 0 spiro atoms. The molecule has 0 N–H and O–H groups in total. The quantitative estimate of drug-likeness (QED) is 0.405. The molecule has 166 valence electrons. The Kier molecular flexibility index (Phi) is 5.73. The number of hydrogen-bond donors (Lipinski definition) is 0. The Morgan fingerprint density at radius 2 is 1.84 bits per heavy atom. The van der Waals surface area contributed by atoms with Crippen molar-refractivity contribution in [2.75, 3.05) is 24.6 Å². The van der Waals surface area contributed by atoms with Crippen molar-refractivity contribution in [1.29, 1.82) is 0 Å². The predicted octanol–water partition coefficient (Wildman–Crippen LogP) is 5.75. The van der Waals surface area contributed by atoms with Crippen molar-refractivity contribution in [2.45, 2.75) is 44.9 Å². The van der Waals surface area contributed by atoms with Crippen molar-refractivity contribution >= 4 is 11.5 Å². The summed E-state index contributed by atoms with van der Waals surface area (Å²) in [4.78, 5) is 14.9. The second-order valence-corrected chi connectivity index (χ2v) is 9.36. The number of nitrogens with zero attached hydrogens (tertiary/aromatic N) is 2. The van der Waals surface area contributed by atoms with Crippen LogP contribution in [-0.2, 0) is 0 Å². The van der Waals surface area contributed by atoms with Gasteiger partial charge in [-0.25, -0.2) is 0 Å². The molecule has 2 fully saturated rings. The van der Waals surface area contributed by atoms with Gasteiger partial charge in [-0.3, -0.25) is 4.79 Å². The van der Waals surface area contributed by atoms with Gasteiger partial charge in [-0.05, 0) is 67.0 Å². The van der Waals surface area contributed by atoms with Crippen LogP contribution in [0.1, 0.15) is 65.2 Å². The summed E-state index contributed by atoms with van der Waals surface area (Å²) in [6, 6.07) is 17.3. The summed E-state index contributed by atoms with van der Waals surface area (Å²) in [6.07, 6.45) is 4.53. The van der Waals surface area contributed by atoms with Crippen molar-refractivity contribution in [2.24, 2.45) is 5.92 Å². The number of benzene rings is 2. The van der Waals surface area contributed by atoms with Crippen LogP contribution in [0, 0.1) is 12.8 Å². The molecule has 1 aliphatic heterocycles. The van der Waals surface area contributed by atoms with Gasteiger partial charge in [0.05, 0.1) is 17.9 Å². The van der Waals surface area contributed by atoms with Gasteiger partial charge in [0.2, 0.25) is 0 Å². The molecule has 0 unspecified atom stereocenters. The second kappa shape index (κ2) is 8.81. The first-order valence-corrected chi connectivity index (χ1v) is 11.6. The molecule has 32 heavy (non-hydrogen) atoms. The largest absolute Gasteiger partial charge is 0.493 e. The maximum absolute atomic E-state index is 12.5. The van der Waals surface area contributed by atoms with E-state index in [0.29, 0.717) is 23.6 Å². The third-order valence-electron chi connectivity index (χ3n) is 6.78. The van der Waals surface area contributed by atoms with E-state index in [9.17, 15) is 4.79 Å². The van der Waals surface area contributed by atoms with E-state index >= 15 is 0 Å². The second-order valence-electron chi connectivity index (χ2n) is 9.36. The van der Waals surface area contributed by atoms with Crippen molar-refractivity contribution in [3.8, 4) is 5.75 Å². The molecular weight excluding hydrogens is 400 g/mol. The molecular formula is C27H30N2O3. The molecule has 0 bridgehead atoms. The summed E-state index contributed by atoms with van der Waals surface area (Å²) in [7, 11) is 0. The normalized spacial score (nSPS) is 17.1. The van der Waals surface area contributed by atoms with Crippen LogP contribution in [0.25, 0.3) is 0 Å². The lowest BCUT2D eigenvalue weighted by atomic mass is 9.88. The molecule has 5 heteroatoms. The molecule has 1 atom stereocenters. The number of anilines is 1. The van der Waals surface area contributed by atoms with E-state index in [4.69, 9.17) is 9.26 Å². The molecule has 5 nitrogen and oxygen atoms in total. The number of aromatic nitrogens is 1. The van der Waals surface area contributed by atoms with E-state index in [1.807, 2.05) is 0 Å². The minimum atomic E-state index is 0.0823. The van der Waals surface area contributed by atoms with Crippen LogP contribution in [0.15, 0.2) is 59.3 Å². The molecule has 5 rings (SSSR count). The van der Waals surface area contributed by atoms with Crippen LogP contribution in [0.5, 0.6) is 5.75 Å². The van der Waals surface area contributed by atoms with E-state index in [-0.39, 0.29) is 11.7 Å². The maximum atomic E-state index is 12.5. The summed E-state index contributed by atoms with van der Waals surface area (Å²) in [5.41, 5.74) is 5.06. The average Bonchev–Trinajstić information content (AvgIpc) is 3.50. The first kappa shape index (κ1) is 20.8. The number of Topliss-reactive ketones (excluding diaryl/α,β-unsaturated/α-hetero) is 1. The molecule has 2 aromatic carbocycles. The topological polar surface area (TPSA) is 55.6 Å². The van der Waals surface area contributed by atoms with Gasteiger partial charge in [0, 0.05) is 31.1 Å².